The molecule has 0 unspecified atom stereocenters. The average Bonchev–Trinajstić information content (AvgIpc) is 2.36. The molecule has 0 radical (unpaired) electrons. The van der Waals surface area contributed by atoms with Crippen molar-refractivity contribution in [1.29, 1.82) is 0 Å². The van der Waals surface area contributed by atoms with Crippen molar-refractivity contribution in [3.63, 3.8) is 0 Å². The maximum atomic E-state index is 11.5. The Labute approximate surface area is 108 Å². The minimum absolute atomic E-state index is 0.0123. The largest absolute Gasteiger partial charge is 0.497 e. The van der Waals surface area contributed by atoms with Crippen LogP contribution in [0.4, 0.5) is 0 Å². The van der Waals surface area contributed by atoms with Crippen molar-refractivity contribution < 1.29 is 17.9 Å². The number of sulfonamides is 1. The topological polar surface area (TPSA) is 64.6 Å². The molecule has 1 rings (SSSR count). The van der Waals surface area contributed by atoms with Gasteiger partial charge >= 0.3 is 0 Å². The van der Waals surface area contributed by atoms with Gasteiger partial charge in [-0.3, -0.25) is 0 Å². The van der Waals surface area contributed by atoms with Crippen LogP contribution in [0.3, 0.4) is 0 Å². The molecule has 0 aliphatic carbocycles. The third-order valence-corrected chi connectivity index (χ3v) is 3.77. The number of ether oxygens (including phenoxy) is 2. The first kappa shape index (κ1) is 14.9. The molecule has 0 saturated heterocycles. The molecule has 0 aliphatic heterocycles. The molecular formula is C12H19NO4S. The summed E-state index contributed by atoms with van der Waals surface area (Å²) in [5.41, 5.74) is 1.03. The fraction of sp³-hybridized carbons (Fsp3) is 0.500. The lowest BCUT2D eigenvalue weighted by molar-refractivity contribution is 0.217. The van der Waals surface area contributed by atoms with E-state index in [1.54, 1.807) is 7.11 Å². The molecule has 0 bridgehead atoms. The molecule has 6 heteroatoms. The molecule has 1 aromatic rings. The Balaban J connectivity index is 2.41. The van der Waals surface area contributed by atoms with Gasteiger partial charge in [0.15, 0.2) is 0 Å². The third-order valence-electron chi connectivity index (χ3n) is 2.43. The summed E-state index contributed by atoms with van der Waals surface area (Å²) in [6.45, 7) is 0.577. The van der Waals surface area contributed by atoms with Crippen LogP contribution in [-0.4, -0.2) is 41.5 Å². The lowest BCUT2D eigenvalue weighted by atomic mass is 10.1. The highest BCUT2D eigenvalue weighted by Crippen LogP contribution is 2.12. The SMILES string of the molecule is COCCS(=O)(=O)NCCc1cccc(OC)c1. The Morgan fingerprint density at radius 2 is 2.06 bits per heavy atom. The van der Waals surface area contributed by atoms with Crippen LogP contribution < -0.4 is 9.46 Å². The van der Waals surface area contributed by atoms with E-state index < -0.39 is 10.0 Å². The Kier molecular flexibility index (Phi) is 6.11. The maximum absolute atomic E-state index is 11.5. The second-order valence-corrected chi connectivity index (χ2v) is 5.73. The molecule has 5 nitrogen and oxygen atoms in total. The lowest BCUT2D eigenvalue weighted by Crippen LogP contribution is -2.29. The first-order valence-electron chi connectivity index (χ1n) is 5.66. The molecule has 0 aromatic heterocycles. The summed E-state index contributed by atoms with van der Waals surface area (Å²) in [5, 5.41) is 0. The summed E-state index contributed by atoms with van der Waals surface area (Å²) in [7, 11) is -0.154. The predicted molar refractivity (Wildman–Crippen MR) is 70.4 cm³/mol. The molecular weight excluding hydrogens is 254 g/mol. The van der Waals surface area contributed by atoms with Gasteiger partial charge in [0.1, 0.15) is 5.75 Å². The highest BCUT2D eigenvalue weighted by atomic mass is 32.2. The lowest BCUT2D eigenvalue weighted by Gasteiger charge is -2.07. The van der Waals surface area contributed by atoms with E-state index in [2.05, 4.69) is 4.72 Å². The number of methoxy groups -OCH3 is 2. The van der Waals surface area contributed by atoms with Gasteiger partial charge in [-0.2, -0.15) is 0 Å². The fourth-order valence-corrected chi connectivity index (χ4v) is 2.39. The number of nitrogens with one attached hydrogen (secondary N) is 1. The Hall–Kier alpha value is -1.11. The highest BCUT2D eigenvalue weighted by Gasteiger charge is 2.08. The van der Waals surface area contributed by atoms with Crippen molar-refractivity contribution in [3.8, 4) is 5.75 Å². The second kappa shape index (κ2) is 7.35. The number of hydrogen-bond acceptors (Lipinski definition) is 4. The van der Waals surface area contributed by atoms with Gasteiger partial charge in [0, 0.05) is 13.7 Å². The smallest absolute Gasteiger partial charge is 0.213 e. The van der Waals surface area contributed by atoms with Crippen LogP contribution in [-0.2, 0) is 21.2 Å². The zero-order chi connectivity index (χ0) is 13.4. The van der Waals surface area contributed by atoms with E-state index in [9.17, 15) is 8.42 Å². The van der Waals surface area contributed by atoms with Crippen molar-refractivity contribution in [2.24, 2.45) is 0 Å². The molecule has 0 atom stereocenters. The van der Waals surface area contributed by atoms with E-state index in [1.165, 1.54) is 7.11 Å². The van der Waals surface area contributed by atoms with Gasteiger partial charge < -0.3 is 9.47 Å². The van der Waals surface area contributed by atoms with Crippen LogP contribution >= 0.6 is 0 Å². The molecule has 102 valence electrons. The number of rotatable bonds is 8. The van der Waals surface area contributed by atoms with E-state index in [0.717, 1.165) is 11.3 Å². The van der Waals surface area contributed by atoms with Crippen molar-refractivity contribution in [2.75, 3.05) is 33.1 Å². The first-order chi connectivity index (χ1) is 8.57. The molecule has 0 heterocycles. The zero-order valence-electron chi connectivity index (χ0n) is 10.7. The van der Waals surface area contributed by atoms with Crippen molar-refractivity contribution >= 4 is 10.0 Å². The van der Waals surface area contributed by atoms with E-state index in [-0.39, 0.29) is 12.4 Å². The third kappa shape index (κ3) is 5.48. The minimum Gasteiger partial charge on any atom is -0.497 e. The maximum Gasteiger partial charge on any atom is 0.213 e. The Morgan fingerprint density at radius 3 is 2.72 bits per heavy atom. The van der Waals surface area contributed by atoms with E-state index in [0.29, 0.717) is 13.0 Å². The van der Waals surface area contributed by atoms with Gasteiger partial charge in [0.2, 0.25) is 10.0 Å². The summed E-state index contributed by atoms with van der Waals surface area (Å²) in [5.74, 6) is 0.761. The summed E-state index contributed by atoms with van der Waals surface area (Å²) < 4.78 is 35.3. The number of benzene rings is 1. The summed E-state index contributed by atoms with van der Waals surface area (Å²) in [4.78, 5) is 0. The van der Waals surface area contributed by atoms with Gasteiger partial charge in [-0.05, 0) is 24.1 Å². The van der Waals surface area contributed by atoms with E-state index in [1.807, 2.05) is 24.3 Å². The second-order valence-electron chi connectivity index (χ2n) is 3.81. The highest BCUT2D eigenvalue weighted by molar-refractivity contribution is 7.89. The molecule has 0 aliphatic rings. The van der Waals surface area contributed by atoms with Crippen LogP contribution in [0.15, 0.2) is 24.3 Å². The van der Waals surface area contributed by atoms with Crippen LogP contribution in [0.1, 0.15) is 5.56 Å². The van der Waals surface area contributed by atoms with Crippen LogP contribution in [0.25, 0.3) is 0 Å². The quantitative estimate of drug-likeness (QED) is 0.761. The summed E-state index contributed by atoms with van der Waals surface area (Å²) in [6.07, 6.45) is 0.628. The Morgan fingerprint density at radius 1 is 1.28 bits per heavy atom. The molecule has 0 fully saturated rings. The van der Waals surface area contributed by atoms with Gasteiger partial charge in [-0.1, -0.05) is 12.1 Å². The summed E-state index contributed by atoms with van der Waals surface area (Å²) in [6, 6.07) is 7.56. The van der Waals surface area contributed by atoms with Crippen molar-refractivity contribution in [3.05, 3.63) is 29.8 Å². The van der Waals surface area contributed by atoms with E-state index >= 15 is 0 Å². The fourth-order valence-electron chi connectivity index (χ4n) is 1.44. The monoisotopic (exact) mass is 273 g/mol. The van der Waals surface area contributed by atoms with Gasteiger partial charge in [-0.15, -0.1) is 0 Å². The van der Waals surface area contributed by atoms with Gasteiger partial charge in [-0.25, -0.2) is 13.1 Å². The Bertz CT molecular complexity index is 459. The normalized spacial score (nSPS) is 11.4. The van der Waals surface area contributed by atoms with Gasteiger partial charge in [0.05, 0.1) is 19.5 Å². The minimum atomic E-state index is -3.24. The molecule has 0 spiro atoms. The van der Waals surface area contributed by atoms with E-state index in [4.69, 9.17) is 9.47 Å². The van der Waals surface area contributed by atoms with Crippen LogP contribution in [0.5, 0.6) is 5.75 Å². The van der Waals surface area contributed by atoms with Crippen LogP contribution in [0.2, 0.25) is 0 Å². The molecule has 1 aromatic carbocycles. The van der Waals surface area contributed by atoms with Crippen LogP contribution in [0, 0.1) is 0 Å². The zero-order valence-corrected chi connectivity index (χ0v) is 11.5. The average molecular weight is 273 g/mol. The predicted octanol–water partition coefficient (Wildman–Crippen LogP) is 0.803. The van der Waals surface area contributed by atoms with Gasteiger partial charge in [0.25, 0.3) is 0 Å². The van der Waals surface area contributed by atoms with Crippen molar-refractivity contribution in [2.45, 2.75) is 6.42 Å². The number of hydrogen-bond donors (Lipinski definition) is 1. The molecule has 0 amide bonds. The molecule has 0 saturated carbocycles. The summed E-state index contributed by atoms with van der Waals surface area (Å²) >= 11 is 0. The van der Waals surface area contributed by atoms with Crippen molar-refractivity contribution in [1.82, 2.24) is 4.72 Å². The first-order valence-corrected chi connectivity index (χ1v) is 7.32. The standard InChI is InChI=1S/C12H19NO4S/c1-16-8-9-18(14,15)13-7-6-11-4-3-5-12(10-11)17-2/h3-5,10,13H,6-9H2,1-2H3. The molecule has 1 N–H and O–H groups in total. The molecule has 18 heavy (non-hydrogen) atoms.